The van der Waals surface area contributed by atoms with Gasteiger partial charge in [0.05, 0.1) is 12.1 Å². The van der Waals surface area contributed by atoms with E-state index in [0.717, 1.165) is 12.8 Å². The number of amides is 1. The fourth-order valence-electron chi connectivity index (χ4n) is 3.19. The molecule has 3 atom stereocenters. The number of aldehydes is 1. The molecule has 1 aliphatic carbocycles. The monoisotopic (exact) mass is 338 g/mol. The molecule has 1 aliphatic heterocycles. The first-order chi connectivity index (χ1) is 11.0. The predicted octanol–water partition coefficient (Wildman–Crippen LogP) is 0.338. The van der Waals surface area contributed by atoms with Gasteiger partial charge in [0.25, 0.3) is 0 Å². The number of aliphatic hydroxyl groups excluding tert-OH is 1. The molecule has 0 aromatic heterocycles. The summed E-state index contributed by atoms with van der Waals surface area (Å²) in [6.07, 6.45) is 3.98. The Hall–Kier alpha value is -1.60. The molecule has 0 aromatic rings. The molecule has 24 heavy (non-hydrogen) atoms. The second-order valence-electron chi connectivity index (χ2n) is 8.44. The van der Waals surface area contributed by atoms with Crippen molar-refractivity contribution in [2.75, 3.05) is 6.54 Å². The Morgan fingerprint density at radius 2 is 2.00 bits per heavy atom. The number of rotatable bonds is 5. The molecule has 1 saturated heterocycles. The van der Waals surface area contributed by atoms with Gasteiger partial charge < -0.3 is 25.5 Å². The third-order valence-electron chi connectivity index (χ3n) is 5.10. The van der Waals surface area contributed by atoms with Crippen LogP contribution in [-0.4, -0.2) is 51.9 Å². The topological polar surface area (TPSA) is 113 Å². The van der Waals surface area contributed by atoms with Crippen LogP contribution in [0.4, 0.5) is 0 Å². The van der Waals surface area contributed by atoms with Crippen LogP contribution in [0, 0.1) is 10.8 Å². The van der Waals surface area contributed by atoms with Crippen LogP contribution in [0.25, 0.3) is 0 Å². The van der Waals surface area contributed by atoms with Gasteiger partial charge in [-0.05, 0) is 18.3 Å². The van der Waals surface area contributed by atoms with E-state index in [0.29, 0.717) is 12.0 Å². The summed E-state index contributed by atoms with van der Waals surface area (Å²) in [6, 6.07) is -1.28. The third-order valence-corrected chi connectivity index (χ3v) is 5.10. The summed E-state index contributed by atoms with van der Waals surface area (Å²) in [7, 11) is 0. The van der Waals surface area contributed by atoms with Crippen molar-refractivity contribution < 1.29 is 14.7 Å². The fourth-order valence-corrected chi connectivity index (χ4v) is 3.19. The van der Waals surface area contributed by atoms with Crippen molar-refractivity contribution in [2.45, 2.75) is 65.1 Å². The lowest BCUT2D eigenvalue weighted by atomic mass is 9.85. The van der Waals surface area contributed by atoms with Crippen LogP contribution in [0.5, 0.6) is 0 Å². The molecule has 2 aliphatic rings. The van der Waals surface area contributed by atoms with Crippen LogP contribution >= 0.6 is 0 Å². The van der Waals surface area contributed by atoms with E-state index in [2.05, 4.69) is 6.92 Å². The number of carbonyl (C=O) groups excluding carboxylic acids is 2. The molecule has 7 heteroatoms. The van der Waals surface area contributed by atoms with Crippen LogP contribution in [0.15, 0.2) is 11.9 Å². The zero-order valence-electron chi connectivity index (χ0n) is 15.0. The molecular formula is C17H30N4O3. The maximum atomic E-state index is 13.1. The molecule has 0 radical (unpaired) electrons. The molecule has 2 rings (SSSR count). The van der Waals surface area contributed by atoms with Gasteiger partial charge in [-0.15, -0.1) is 0 Å². The normalized spacial score (nSPS) is 27.8. The molecular weight excluding hydrogens is 308 g/mol. The molecule has 1 saturated carbocycles. The summed E-state index contributed by atoms with van der Waals surface area (Å²) in [5.74, 6) is 5.94. The molecule has 2 fully saturated rings. The Kier molecular flexibility index (Phi) is 4.97. The summed E-state index contributed by atoms with van der Waals surface area (Å²) in [4.78, 5) is 25.7. The van der Waals surface area contributed by atoms with Crippen molar-refractivity contribution in [3.8, 4) is 0 Å². The van der Waals surface area contributed by atoms with E-state index >= 15 is 0 Å². The number of hydrazine groups is 1. The summed E-state index contributed by atoms with van der Waals surface area (Å²) in [5.41, 5.74) is 6.32. The van der Waals surface area contributed by atoms with E-state index in [-0.39, 0.29) is 24.3 Å². The van der Waals surface area contributed by atoms with Crippen molar-refractivity contribution in [2.24, 2.45) is 22.4 Å². The highest BCUT2D eigenvalue weighted by molar-refractivity contribution is 5.86. The Balaban J connectivity index is 2.25. The predicted molar refractivity (Wildman–Crippen MR) is 91.1 cm³/mol. The molecule has 1 heterocycles. The van der Waals surface area contributed by atoms with E-state index < -0.39 is 23.6 Å². The molecule has 0 bridgehead atoms. The Bertz CT molecular complexity index is 536. The Labute approximate surface area is 143 Å². The van der Waals surface area contributed by atoms with Crippen LogP contribution < -0.4 is 11.6 Å². The minimum Gasteiger partial charge on any atom is -0.400 e. The van der Waals surface area contributed by atoms with Gasteiger partial charge in [-0.1, -0.05) is 27.7 Å². The maximum absolute atomic E-state index is 13.1. The van der Waals surface area contributed by atoms with Crippen LogP contribution in [0.2, 0.25) is 0 Å². The lowest BCUT2D eigenvalue weighted by molar-refractivity contribution is -0.142. The third kappa shape index (κ3) is 3.72. The van der Waals surface area contributed by atoms with E-state index in [9.17, 15) is 14.7 Å². The molecule has 1 amide bonds. The first kappa shape index (κ1) is 18.7. The quantitative estimate of drug-likeness (QED) is 0.378. The van der Waals surface area contributed by atoms with E-state index in [1.807, 2.05) is 20.8 Å². The lowest BCUT2D eigenvalue weighted by Crippen LogP contribution is -2.57. The Morgan fingerprint density at radius 1 is 1.42 bits per heavy atom. The van der Waals surface area contributed by atoms with Crippen LogP contribution in [0.1, 0.15) is 47.0 Å². The number of hydrogen-bond donors (Lipinski definition) is 3. The Morgan fingerprint density at radius 3 is 2.46 bits per heavy atom. The average Bonchev–Trinajstić information content (AvgIpc) is 3.08. The molecule has 5 N–H and O–H groups in total. The van der Waals surface area contributed by atoms with Gasteiger partial charge in [0.15, 0.2) is 0 Å². The standard InChI is InChI=1S/C17H30N4O3/c1-16(2,3)14(21(19)9-13(18)17(4)5-6-17)15(24)20-8-12(23)7-11(20)10-22/h9-12,14,23H,5-8,18-19H2,1-4H3/b13-9-/t11-,12+,14?/m0/s1. The van der Waals surface area contributed by atoms with Gasteiger partial charge in [0.2, 0.25) is 5.91 Å². The maximum Gasteiger partial charge on any atom is 0.248 e. The highest BCUT2D eigenvalue weighted by atomic mass is 16.3. The van der Waals surface area contributed by atoms with Gasteiger partial charge in [-0.2, -0.15) is 0 Å². The second kappa shape index (κ2) is 6.37. The molecule has 0 spiro atoms. The molecule has 136 valence electrons. The number of nitrogens with two attached hydrogens (primary N) is 2. The zero-order valence-corrected chi connectivity index (χ0v) is 15.0. The summed E-state index contributed by atoms with van der Waals surface area (Å²) < 4.78 is 0. The van der Waals surface area contributed by atoms with Gasteiger partial charge in [-0.3, -0.25) is 4.79 Å². The molecule has 7 nitrogen and oxygen atoms in total. The summed E-state index contributed by atoms with van der Waals surface area (Å²) >= 11 is 0. The van der Waals surface area contributed by atoms with Crippen molar-refractivity contribution in [1.82, 2.24) is 9.91 Å². The van der Waals surface area contributed by atoms with Crippen molar-refractivity contribution in [3.05, 3.63) is 11.9 Å². The average molecular weight is 338 g/mol. The van der Waals surface area contributed by atoms with Crippen LogP contribution in [0.3, 0.4) is 0 Å². The number of allylic oxidation sites excluding steroid dienone is 1. The highest BCUT2D eigenvalue weighted by Gasteiger charge is 2.44. The van der Waals surface area contributed by atoms with Gasteiger partial charge in [0, 0.05) is 30.3 Å². The number of carbonyl (C=O) groups is 2. The minimum absolute atomic E-state index is 0.0295. The zero-order chi connectivity index (χ0) is 18.3. The number of nitrogens with zero attached hydrogens (tertiary/aromatic N) is 2. The first-order valence-corrected chi connectivity index (χ1v) is 8.44. The number of β-amino-alcohol motifs (C(OH)–C–C–N with tert-alkyl or cyclic N) is 1. The smallest absolute Gasteiger partial charge is 0.248 e. The van der Waals surface area contributed by atoms with Gasteiger partial charge in [0.1, 0.15) is 12.3 Å². The lowest BCUT2D eigenvalue weighted by Gasteiger charge is -2.39. The second-order valence-corrected chi connectivity index (χ2v) is 8.44. The molecule has 1 unspecified atom stereocenters. The van der Waals surface area contributed by atoms with E-state index in [1.54, 1.807) is 6.20 Å². The number of likely N-dealkylation sites (tertiary alicyclic amines) is 1. The number of hydrogen-bond acceptors (Lipinski definition) is 6. The minimum atomic E-state index is -0.679. The largest absolute Gasteiger partial charge is 0.400 e. The van der Waals surface area contributed by atoms with Crippen molar-refractivity contribution >= 4 is 12.2 Å². The van der Waals surface area contributed by atoms with Gasteiger partial charge >= 0.3 is 0 Å². The fraction of sp³-hybridized carbons (Fsp3) is 0.765. The first-order valence-electron chi connectivity index (χ1n) is 8.44. The summed E-state index contributed by atoms with van der Waals surface area (Å²) in [6.45, 7) is 7.97. The molecule has 0 aromatic carbocycles. The number of aliphatic hydroxyl groups is 1. The van der Waals surface area contributed by atoms with Gasteiger partial charge in [-0.25, -0.2) is 5.84 Å². The van der Waals surface area contributed by atoms with E-state index in [4.69, 9.17) is 11.6 Å². The highest BCUT2D eigenvalue weighted by Crippen LogP contribution is 2.49. The van der Waals surface area contributed by atoms with Crippen molar-refractivity contribution in [3.63, 3.8) is 0 Å². The summed E-state index contributed by atoms with van der Waals surface area (Å²) in [5, 5.41) is 11.2. The SMILES string of the molecule is CC1(/C(N)=C/N(N)C(C(=O)N2C[C@H](O)C[C@H]2C=O)C(C)(C)C)CC1. The van der Waals surface area contributed by atoms with Crippen LogP contribution in [-0.2, 0) is 9.59 Å². The van der Waals surface area contributed by atoms with E-state index in [1.165, 1.54) is 9.91 Å². The van der Waals surface area contributed by atoms with Crippen molar-refractivity contribution in [1.29, 1.82) is 0 Å².